The van der Waals surface area contributed by atoms with E-state index in [1.54, 1.807) is 29.2 Å². The van der Waals surface area contributed by atoms with Gasteiger partial charge in [-0.2, -0.15) is 5.10 Å². The van der Waals surface area contributed by atoms with E-state index in [2.05, 4.69) is 27.6 Å². The summed E-state index contributed by atoms with van der Waals surface area (Å²) in [6, 6.07) is 4.07. The van der Waals surface area contributed by atoms with Crippen molar-refractivity contribution in [2.24, 2.45) is 5.92 Å². The molecule has 0 saturated carbocycles. The van der Waals surface area contributed by atoms with E-state index in [-0.39, 0.29) is 37.4 Å². The van der Waals surface area contributed by atoms with Gasteiger partial charge in [0, 0.05) is 18.0 Å². The number of alkyl halides is 1. The fraction of sp³-hybridized carbons (Fsp3) is 0.500. The summed E-state index contributed by atoms with van der Waals surface area (Å²) in [6.45, 7) is 2.93. The minimum Gasteiger partial charge on any atom is -0.350 e. The smallest absolute Gasteiger partial charge is 0.243 e. The summed E-state index contributed by atoms with van der Waals surface area (Å²) in [6.07, 6.45) is 2.46. The van der Waals surface area contributed by atoms with Crippen LogP contribution in [0.4, 0.5) is 4.39 Å². The molecule has 3 heterocycles. The first-order valence-corrected chi connectivity index (χ1v) is 10.4. The van der Waals surface area contributed by atoms with Gasteiger partial charge in [-0.3, -0.25) is 9.59 Å². The van der Waals surface area contributed by atoms with Gasteiger partial charge in [0.1, 0.15) is 24.9 Å². The molecule has 1 unspecified atom stereocenters. The van der Waals surface area contributed by atoms with Crippen LogP contribution in [0, 0.1) is 5.92 Å². The molecule has 2 aliphatic heterocycles. The van der Waals surface area contributed by atoms with Gasteiger partial charge in [0.05, 0.1) is 18.3 Å². The molecule has 2 N–H and O–H groups in total. The lowest BCUT2D eigenvalue weighted by Crippen LogP contribution is -2.51. The van der Waals surface area contributed by atoms with Gasteiger partial charge >= 0.3 is 0 Å². The summed E-state index contributed by atoms with van der Waals surface area (Å²) in [5, 5.41) is 10.6. The SMILES string of the molecule is C[C@@H]1CN[C@@H](C(=O)N2C[C@H](F)CC2C(=O)NCc2cc(Cl)ccc2-n2cncn2)C1. The highest BCUT2D eigenvalue weighted by Gasteiger charge is 2.42. The van der Waals surface area contributed by atoms with E-state index in [0.717, 1.165) is 17.8 Å². The average Bonchev–Trinajstić information content (AvgIpc) is 3.46. The van der Waals surface area contributed by atoms with Crippen LogP contribution in [0.15, 0.2) is 30.9 Å². The van der Waals surface area contributed by atoms with Gasteiger partial charge in [-0.25, -0.2) is 14.1 Å². The van der Waals surface area contributed by atoms with Crippen LogP contribution in [0.1, 0.15) is 25.3 Å². The number of benzene rings is 1. The molecule has 10 heteroatoms. The Labute approximate surface area is 178 Å². The molecule has 4 rings (SSSR count). The molecule has 2 saturated heterocycles. The van der Waals surface area contributed by atoms with E-state index in [0.29, 0.717) is 17.4 Å². The Morgan fingerprint density at radius 2 is 2.20 bits per heavy atom. The second-order valence-electron chi connectivity index (χ2n) is 7.97. The Hall–Kier alpha value is -2.52. The topological polar surface area (TPSA) is 92.2 Å². The number of nitrogens with zero attached hydrogens (tertiary/aromatic N) is 4. The molecular formula is C20H24ClFN6O2. The molecule has 2 aliphatic rings. The maximum Gasteiger partial charge on any atom is 0.243 e. The van der Waals surface area contributed by atoms with Crippen molar-refractivity contribution in [1.82, 2.24) is 30.3 Å². The van der Waals surface area contributed by atoms with Crippen molar-refractivity contribution in [2.75, 3.05) is 13.1 Å². The quantitative estimate of drug-likeness (QED) is 0.743. The van der Waals surface area contributed by atoms with Gasteiger partial charge in [-0.1, -0.05) is 18.5 Å². The predicted molar refractivity (Wildman–Crippen MR) is 109 cm³/mol. The van der Waals surface area contributed by atoms with Crippen molar-refractivity contribution in [3.8, 4) is 5.69 Å². The number of amides is 2. The third-order valence-corrected chi connectivity index (χ3v) is 5.88. The van der Waals surface area contributed by atoms with Gasteiger partial charge in [0.2, 0.25) is 11.8 Å². The first-order valence-electron chi connectivity index (χ1n) is 10.0. The van der Waals surface area contributed by atoms with Gasteiger partial charge in [-0.15, -0.1) is 0 Å². The molecule has 0 aliphatic carbocycles. The maximum atomic E-state index is 14.1. The predicted octanol–water partition coefficient (Wildman–Crippen LogP) is 1.47. The van der Waals surface area contributed by atoms with Crippen LogP contribution in [0.2, 0.25) is 5.02 Å². The Kier molecular flexibility index (Phi) is 6.01. The van der Waals surface area contributed by atoms with Crippen LogP contribution in [-0.2, 0) is 16.1 Å². The molecule has 30 heavy (non-hydrogen) atoms. The highest BCUT2D eigenvalue weighted by atomic mass is 35.5. The van der Waals surface area contributed by atoms with Crippen molar-refractivity contribution in [3.05, 3.63) is 41.4 Å². The number of halogens is 2. The normalized spacial score (nSPS) is 26.2. The van der Waals surface area contributed by atoms with Crippen molar-refractivity contribution in [2.45, 2.75) is 44.6 Å². The summed E-state index contributed by atoms with van der Waals surface area (Å²) in [5.41, 5.74) is 1.46. The number of aromatic nitrogens is 3. The molecule has 0 bridgehead atoms. The largest absolute Gasteiger partial charge is 0.350 e. The van der Waals surface area contributed by atoms with Crippen LogP contribution < -0.4 is 10.6 Å². The standard InChI is InChI=1S/C20H24ClFN6O2/c1-12-4-16(24-7-12)20(30)27-9-15(22)6-18(27)19(29)25-8-13-5-14(21)2-3-17(13)28-11-23-10-26-28/h2-3,5,10-12,15-16,18,24H,4,6-9H2,1H3,(H,25,29)/t12-,15+,16+,18?/m0/s1. The number of nitrogens with one attached hydrogen (secondary N) is 2. The fourth-order valence-electron chi connectivity index (χ4n) is 4.13. The summed E-state index contributed by atoms with van der Waals surface area (Å²) in [4.78, 5) is 31.1. The maximum absolute atomic E-state index is 14.1. The highest BCUT2D eigenvalue weighted by molar-refractivity contribution is 6.30. The number of likely N-dealkylation sites (tertiary alicyclic amines) is 1. The Balaban J connectivity index is 1.46. The summed E-state index contributed by atoms with van der Waals surface area (Å²) in [5.74, 6) is -0.196. The van der Waals surface area contributed by atoms with E-state index in [4.69, 9.17) is 11.6 Å². The second kappa shape index (κ2) is 8.69. The van der Waals surface area contributed by atoms with Crippen LogP contribution >= 0.6 is 11.6 Å². The molecule has 4 atom stereocenters. The monoisotopic (exact) mass is 434 g/mol. The van der Waals surface area contributed by atoms with E-state index in [9.17, 15) is 14.0 Å². The van der Waals surface area contributed by atoms with Crippen LogP contribution in [0.5, 0.6) is 0 Å². The Morgan fingerprint density at radius 1 is 1.37 bits per heavy atom. The number of hydrogen-bond donors (Lipinski definition) is 2. The van der Waals surface area contributed by atoms with Gasteiger partial charge in [0.15, 0.2) is 0 Å². The second-order valence-corrected chi connectivity index (χ2v) is 8.41. The summed E-state index contributed by atoms with van der Waals surface area (Å²) in [7, 11) is 0. The van der Waals surface area contributed by atoms with Crippen LogP contribution in [-0.4, -0.2) is 62.8 Å². The molecule has 2 amide bonds. The number of carbonyl (C=O) groups excluding carboxylic acids is 2. The third-order valence-electron chi connectivity index (χ3n) is 5.64. The van der Waals surface area contributed by atoms with Crippen molar-refractivity contribution < 1.29 is 14.0 Å². The fourth-order valence-corrected chi connectivity index (χ4v) is 4.32. The molecule has 8 nitrogen and oxygen atoms in total. The Bertz CT molecular complexity index is 924. The van der Waals surface area contributed by atoms with E-state index in [1.165, 1.54) is 11.2 Å². The lowest BCUT2D eigenvalue weighted by atomic mass is 10.1. The van der Waals surface area contributed by atoms with Crippen LogP contribution in [0.25, 0.3) is 5.69 Å². The zero-order valence-electron chi connectivity index (χ0n) is 16.6. The lowest BCUT2D eigenvalue weighted by Gasteiger charge is -2.26. The molecular weight excluding hydrogens is 411 g/mol. The minimum atomic E-state index is -1.21. The lowest BCUT2D eigenvalue weighted by molar-refractivity contribution is -0.139. The van der Waals surface area contributed by atoms with Gasteiger partial charge in [0.25, 0.3) is 0 Å². The summed E-state index contributed by atoms with van der Waals surface area (Å²) >= 11 is 6.12. The van der Waals surface area contributed by atoms with E-state index in [1.807, 2.05) is 0 Å². The molecule has 2 aromatic rings. The van der Waals surface area contributed by atoms with Crippen LogP contribution in [0.3, 0.4) is 0 Å². The highest BCUT2D eigenvalue weighted by Crippen LogP contribution is 2.25. The first-order chi connectivity index (χ1) is 14.4. The minimum absolute atomic E-state index is 0.00528. The Morgan fingerprint density at radius 3 is 2.90 bits per heavy atom. The number of carbonyl (C=O) groups is 2. The molecule has 2 fully saturated rings. The van der Waals surface area contributed by atoms with Gasteiger partial charge in [-0.05, 0) is 42.6 Å². The van der Waals surface area contributed by atoms with Crippen molar-refractivity contribution in [1.29, 1.82) is 0 Å². The molecule has 160 valence electrons. The van der Waals surface area contributed by atoms with E-state index >= 15 is 0 Å². The molecule has 0 spiro atoms. The van der Waals surface area contributed by atoms with Crippen molar-refractivity contribution >= 4 is 23.4 Å². The third kappa shape index (κ3) is 4.32. The zero-order valence-corrected chi connectivity index (χ0v) is 17.3. The first kappa shape index (κ1) is 20.7. The zero-order chi connectivity index (χ0) is 21.3. The summed E-state index contributed by atoms with van der Waals surface area (Å²) < 4.78 is 15.7. The van der Waals surface area contributed by atoms with Crippen molar-refractivity contribution in [3.63, 3.8) is 0 Å². The number of hydrogen-bond acceptors (Lipinski definition) is 5. The molecule has 1 aromatic heterocycles. The van der Waals surface area contributed by atoms with Gasteiger partial charge < -0.3 is 15.5 Å². The number of rotatable bonds is 5. The average molecular weight is 435 g/mol. The molecule has 1 aromatic carbocycles. The molecule has 0 radical (unpaired) electrons. The van der Waals surface area contributed by atoms with E-state index < -0.39 is 12.2 Å².